The molecule has 0 radical (unpaired) electrons. The summed E-state index contributed by atoms with van der Waals surface area (Å²) in [5.74, 6) is 0.205. The molecule has 1 atom stereocenters. The fraction of sp³-hybridized carbons (Fsp3) is 0.273. The number of fused-ring (bicyclic) bond motifs is 1. The van der Waals surface area contributed by atoms with Crippen molar-refractivity contribution in [3.63, 3.8) is 0 Å². The predicted molar refractivity (Wildman–Crippen MR) is 117 cm³/mol. The van der Waals surface area contributed by atoms with Gasteiger partial charge in [0.15, 0.2) is 0 Å². The number of ether oxygens (including phenoxy) is 1. The van der Waals surface area contributed by atoms with Crippen molar-refractivity contribution in [2.24, 2.45) is 0 Å². The smallest absolute Gasteiger partial charge is 0.328 e. The first kappa shape index (κ1) is 21.3. The third-order valence-corrected chi connectivity index (χ3v) is 5.90. The largest absolute Gasteiger partial charge is 0.467 e. The maximum Gasteiger partial charge on any atom is 0.328 e. The molecule has 29 heavy (non-hydrogen) atoms. The SMILES string of the molecule is COC(=O)[C@@H](Cc1c[nH]c2ccccc12)NC(=O)CCCSc1ccc(Cl)cc1. The van der Waals surface area contributed by atoms with Crippen LogP contribution in [0.5, 0.6) is 0 Å². The number of carbonyl (C=O) groups is 2. The van der Waals surface area contributed by atoms with Gasteiger partial charge in [-0.25, -0.2) is 4.79 Å². The summed E-state index contributed by atoms with van der Waals surface area (Å²) >= 11 is 7.55. The first-order chi connectivity index (χ1) is 14.1. The molecule has 0 unspecified atom stereocenters. The van der Waals surface area contributed by atoms with Gasteiger partial charge in [-0.1, -0.05) is 29.8 Å². The van der Waals surface area contributed by atoms with Gasteiger partial charge in [0.05, 0.1) is 7.11 Å². The number of halogens is 1. The number of para-hydroxylation sites is 1. The van der Waals surface area contributed by atoms with Crippen LogP contribution in [-0.2, 0) is 20.7 Å². The zero-order chi connectivity index (χ0) is 20.6. The minimum absolute atomic E-state index is 0.156. The monoisotopic (exact) mass is 430 g/mol. The van der Waals surface area contributed by atoms with Crippen molar-refractivity contribution in [2.75, 3.05) is 12.9 Å². The van der Waals surface area contributed by atoms with E-state index in [0.29, 0.717) is 24.3 Å². The number of hydrogen-bond acceptors (Lipinski definition) is 4. The number of nitrogens with one attached hydrogen (secondary N) is 2. The molecule has 7 heteroatoms. The number of H-pyrrole nitrogens is 1. The molecule has 0 aliphatic rings. The number of methoxy groups -OCH3 is 1. The molecule has 0 aliphatic heterocycles. The maximum absolute atomic E-state index is 12.4. The van der Waals surface area contributed by atoms with E-state index in [2.05, 4.69) is 10.3 Å². The van der Waals surface area contributed by atoms with Crippen LogP contribution in [0.4, 0.5) is 0 Å². The van der Waals surface area contributed by atoms with Crippen molar-refractivity contribution in [3.05, 3.63) is 65.3 Å². The first-order valence-corrected chi connectivity index (χ1v) is 10.7. The van der Waals surface area contributed by atoms with Crippen molar-refractivity contribution >= 4 is 46.1 Å². The molecular formula is C22H23ClN2O3S. The molecular weight excluding hydrogens is 408 g/mol. The topological polar surface area (TPSA) is 71.2 Å². The van der Waals surface area contributed by atoms with E-state index in [0.717, 1.165) is 27.1 Å². The van der Waals surface area contributed by atoms with Crippen LogP contribution in [0.25, 0.3) is 10.9 Å². The van der Waals surface area contributed by atoms with Gasteiger partial charge in [0, 0.05) is 39.9 Å². The average Bonchev–Trinajstić information content (AvgIpc) is 3.14. The van der Waals surface area contributed by atoms with Crippen LogP contribution in [0.1, 0.15) is 18.4 Å². The molecule has 5 nitrogen and oxygen atoms in total. The second-order valence-electron chi connectivity index (χ2n) is 6.61. The Morgan fingerprint density at radius 3 is 2.69 bits per heavy atom. The van der Waals surface area contributed by atoms with Crippen LogP contribution in [0.3, 0.4) is 0 Å². The molecule has 0 saturated heterocycles. The summed E-state index contributed by atoms with van der Waals surface area (Å²) in [5.41, 5.74) is 1.96. The van der Waals surface area contributed by atoms with Crippen LogP contribution in [0.2, 0.25) is 5.02 Å². The zero-order valence-electron chi connectivity index (χ0n) is 16.1. The number of esters is 1. The van der Waals surface area contributed by atoms with Gasteiger partial charge in [0.25, 0.3) is 0 Å². The summed E-state index contributed by atoms with van der Waals surface area (Å²) in [4.78, 5) is 28.9. The maximum atomic E-state index is 12.4. The third kappa shape index (κ3) is 6.02. The molecule has 1 amide bonds. The van der Waals surface area contributed by atoms with Crippen molar-refractivity contribution in [2.45, 2.75) is 30.2 Å². The number of aromatic amines is 1. The molecule has 2 N–H and O–H groups in total. The lowest BCUT2D eigenvalue weighted by Gasteiger charge is -2.16. The summed E-state index contributed by atoms with van der Waals surface area (Å²) in [6.07, 6.45) is 3.31. The molecule has 0 aliphatic carbocycles. The average molecular weight is 431 g/mol. The van der Waals surface area contributed by atoms with Gasteiger partial charge in [-0.15, -0.1) is 11.8 Å². The van der Waals surface area contributed by atoms with Gasteiger partial charge in [0.2, 0.25) is 5.91 Å². The number of aromatic nitrogens is 1. The van der Waals surface area contributed by atoms with E-state index in [4.69, 9.17) is 16.3 Å². The van der Waals surface area contributed by atoms with Crippen LogP contribution in [0.15, 0.2) is 59.6 Å². The van der Waals surface area contributed by atoms with Gasteiger partial charge < -0.3 is 15.0 Å². The second kappa shape index (κ2) is 10.4. The van der Waals surface area contributed by atoms with E-state index < -0.39 is 12.0 Å². The number of rotatable bonds is 9. The lowest BCUT2D eigenvalue weighted by Crippen LogP contribution is -2.43. The van der Waals surface area contributed by atoms with Crippen molar-refractivity contribution in [3.8, 4) is 0 Å². The Morgan fingerprint density at radius 1 is 1.17 bits per heavy atom. The van der Waals surface area contributed by atoms with Gasteiger partial charge >= 0.3 is 5.97 Å². The van der Waals surface area contributed by atoms with E-state index in [1.54, 1.807) is 11.8 Å². The summed E-state index contributed by atoms with van der Waals surface area (Å²) in [6, 6.07) is 14.8. The third-order valence-electron chi connectivity index (χ3n) is 4.55. The molecule has 0 spiro atoms. The van der Waals surface area contributed by atoms with Gasteiger partial charge in [-0.3, -0.25) is 4.79 Å². The number of carbonyl (C=O) groups excluding carboxylic acids is 2. The molecule has 152 valence electrons. The van der Waals surface area contributed by atoms with E-state index in [1.807, 2.05) is 54.7 Å². The lowest BCUT2D eigenvalue weighted by molar-refractivity contribution is -0.145. The van der Waals surface area contributed by atoms with Crippen molar-refractivity contribution in [1.82, 2.24) is 10.3 Å². The van der Waals surface area contributed by atoms with E-state index >= 15 is 0 Å². The standard InChI is InChI=1S/C22H23ClN2O3S/c1-28-22(27)20(13-15-14-24-19-6-3-2-5-18(15)19)25-21(26)7-4-12-29-17-10-8-16(23)9-11-17/h2-3,5-6,8-11,14,20,24H,4,7,12-13H2,1H3,(H,25,26)/t20-/m1/s1. The van der Waals surface area contributed by atoms with Crippen LogP contribution < -0.4 is 5.32 Å². The number of hydrogen-bond donors (Lipinski definition) is 2. The molecule has 0 saturated carbocycles. The Kier molecular flexibility index (Phi) is 7.61. The molecule has 1 aromatic heterocycles. The number of thioether (sulfide) groups is 1. The predicted octanol–water partition coefficient (Wildman–Crippen LogP) is 4.59. The number of amides is 1. The normalized spacial score (nSPS) is 11.9. The van der Waals surface area contributed by atoms with Gasteiger partial charge in [-0.2, -0.15) is 0 Å². The highest BCUT2D eigenvalue weighted by atomic mass is 35.5. The molecule has 3 aromatic rings. The fourth-order valence-corrected chi connectivity index (χ4v) is 4.05. The summed E-state index contributed by atoms with van der Waals surface area (Å²) in [6.45, 7) is 0. The van der Waals surface area contributed by atoms with Crippen LogP contribution in [-0.4, -0.2) is 35.8 Å². The Hall–Kier alpha value is -2.44. The zero-order valence-corrected chi connectivity index (χ0v) is 17.7. The summed E-state index contributed by atoms with van der Waals surface area (Å²) in [7, 11) is 1.33. The molecule has 2 aromatic carbocycles. The quantitative estimate of drug-likeness (QED) is 0.296. The Balaban J connectivity index is 1.52. The van der Waals surface area contributed by atoms with E-state index in [9.17, 15) is 9.59 Å². The molecule has 1 heterocycles. The fourth-order valence-electron chi connectivity index (χ4n) is 3.08. The lowest BCUT2D eigenvalue weighted by atomic mass is 10.0. The van der Waals surface area contributed by atoms with Crippen LogP contribution >= 0.6 is 23.4 Å². The Morgan fingerprint density at radius 2 is 1.93 bits per heavy atom. The second-order valence-corrected chi connectivity index (χ2v) is 8.22. The summed E-state index contributed by atoms with van der Waals surface area (Å²) in [5, 5.41) is 4.57. The minimum atomic E-state index is -0.712. The van der Waals surface area contributed by atoms with Gasteiger partial charge in [0.1, 0.15) is 6.04 Å². The number of benzene rings is 2. The molecule has 3 rings (SSSR count). The highest BCUT2D eigenvalue weighted by Crippen LogP contribution is 2.22. The Bertz CT molecular complexity index is 972. The highest BCUT2D eigenvalue weighted by Gasteiger charge is 2.23. The molecule has 0 bridgehead atoms. The van der Waals surface area contributed by atoms with Gasteiger partial charge in [-0.05, 0) is 48.1 Å². The van der Waals surface area contributed by atoms with E-state index in [1.165, 1.54) is 7.11 Å². The van der Waals surface area contributed by atoms with Crippen LogP contribution in [0, 0.1) is 0 Å². The highest BCUT2D eigenvalue weighted by molar-refractivity contribution is 7.99. The first-order valence-electron chi connectivity index (χ1n) is 9.37. The molecule has 0 fully saturated rings. The van der Waals surface area contributed by atoms with Crippen molar-refractivity contribution in [1.29, 1.82) is 0 Å². The van der Waals surface area contributed by atoms with E-state index in [-0.39, 0.29) is 5.91 Å². The Labute approximate surface area is 179 Å². The minimum Gasteiger partial charge on any atom is -0.467 e. The van der Waals surface area contributed by atoms with Crippen molar-refractivity contribution < 1.29 is 14.3 Å². The summed E-state index contributed by atoms with van der Waals surface area (Å²) < 4.78 is 4.89.